The maximum absolute atomic E-state index is 9.75. The summed E-state index contributed by atoms with van der Waals surface area (Å²) in [6.07, 6.45) is 2.54. The predicted octanol–water partition coefficient (Wildman–Crippen LogP) is 3.54. The maximum Gasteiger partial charge on any atom is 0.123 e. The zero-order valence-electron chi connectivity index (χ0n) is 9.47. The first-order valence-corrected chi connectivity index (χ1v) is 5.31. The third-order valence-electron chi connectivity index (χ3n) is 2.75. The van der Waals surface area contributed by atoms with Gasteiger partial charge in [-0.1, -0.05) is 36.4 Å². The van der Waals surface area contributed by atoms with Crippen LogP contribution in [-0.2, 0) is 0 Å². The second-order valence-corrected chi connectivity index (χ2v) is 3.85. The summed E-state index contributed by atoms with van der Waals surface area (Å²) in [6, 6.07) is 11.2. The van der Waals surface area contributed by atoms with Gasteiger partial charge in [0, 0.05) is 11.4 Å². The second-order valence-electron chi connectivity index (χ2n) is 3.85. The lowest BCUT2D eigenvalue weighted by Gasteiger charge is -2.13. The van der Waals surface area contributed by atoms with Crippen LogP contribution in [0, 0.1) is 0 Å². The van der Waals surface area contributed by atoms with Crippen molar-refractivity contribution in [3.05, 3.63) is 54.6 Å². The number of benzene rings is 2. The topological polar surface area (TPSA) is 46.2 Å². The molecule has 0 aliphatic rings. The highest BCUT2D eigenvalue weighted by molar-refractivity contribution is 5.91. The van der Waals surface area contributed by atoms with Crippen LogP contribution in [0.3, 0.4) is 0 Å². The van der Waals surface area contributed by atoms with Crippen molar-refractivity contribution >= 4 is 23.2 Å². The fourth-order valence-corrected chi connectivity index (χ4v) is 1.94. The van der Waals surface area contributed by atoms with E-state index in [0.717, 1.165) is 22.8 Å². The minimum atomic E-state index is -0.0667. The molecule has 0 aromatic heterocycles. The SMILES string of the molecule is C=CC[C@@H](N)c1ccc(O)c2ccccc12.Cl. The number of fused-ring (bicyclic) bond motifs is 1. The average Bonchev–Trinajstić information content (AvgIpc) is 2.30. The third-order valence-corrected chi connectivity index (χ3v) is 2.75. The van der Waals surface area contributed by atoms with Crippen LogP contribution in [0.15, 0.2) is 49.1 Å². The molecule has 0 radical (unpaired) electrons. The molecule has 0 aliphatic heterocycles. The summed E-state index contributed by atoms with van der Waals surface area (Å²) in [6.45, 7) is 3.69. The van der Waals surface area contributed by atoms with E-state index in [2.05, 4.69) is 6.58 Å². The fraction of sp³-hybridized carbons (Fsp3) is 0.143. The lowest BCUT2D eigenvalue weighted by molar-refractivity contribution is 0.481. The minimum Gasteiger partial charge on any atom is -0.507 e. The second kappa shape index (κ2) is 5.71. The van der Waals surface area contributed by atoms with Crippen LogP contribution in [0.1, 0.15) is 18.0 Å². The lowest BCUT2D eigenvalue weighted by atomic mass is 9.97. The van der Waals surface area contributed by atoms with Crippen molar-refractivity contribution < 1.29 is 5.11 Å². The number of aromatic hydroxyl groups is 1. The number of halogens is 1. The normalized spacial score (nSPS) is 11.8. The Balaban J connectivity index is 0.00000144. The van der Waals surface area contributed by atoms with Gasteiger partial charge in [-0.3, -0.25) is 0 Å². The number of nitrogens with two attached hydrogens (primary N) is 1. The fourth-order valence-electron chi connectivity index (χ4n) is 1.94. The minimum absolute atomic E-state index is 0. The highest BCUT2D eigenvalue weighted by Crippen LogP contribution is 2.30. The Morgan fingerprint density at radius 3 is 2.47 bits per heavy atom. The van der Waals surface area contributed by atoms with Crippen molar-refractivity contribution in [3.63, 3.8) is 0 Å². The quantitative estimate of drug-likeness (QED) is 0.818. The summed E-state index contributed by atoms with van der Waals surface area (Å²) in [7, 11) is 0. The van der Waals surface area contributed by atoms with E-state index in [-0.39, 0.29) is 18.4 Å². The molecule has 0 saturated carbocycles. The molecule has 3 N–H and O–H groups in total. The van der Waals surface area contributed by atoms with Crippen molar-refractivity contribution in [3.8, 4) is 5.75 Å². The van der Waals surface area contributed by atoms with Gasteiger partial charge in [-0.25, -0.2) is 0 Å². The monoisotopic (exact) mass is 249 g/mol. The van der Waals surface area contributed by atoms with Crippen LogP contribution >= 0.6 is 12.4 Å². The van der Waals surface area contributed by atoms with Gasteiger partial charge in [-0.15, -0.1) is 19.0 Å². The average molecular weight is 250 g/mol. The summed E-state index contributed by atoms with van der Waals surface area (Å²) in [5.41, 5.74) is 7.12. The van der Waals surface area contributed by atoms with Crippen LogP contribution in [0.25, 0.3) is 10.8 Å². The van der Waals surface area contributed by atoms with Crippen molar-refractivity contribution in [2.45, 2.75) is 12.5 Å². The van der Waals surface area contributed by atoms with Crippen LogP contribution in [-0.4, -0.2) is 5.11 Å². The van der Waals surface area contributed by atoms with Gasteiger partial charge < -0.3 is 10.8 Å². The highest BCUT2D eigenvalue weighted by atomic mass is 35.5. The van der Waals surface area contributed by atoms with E-state index in [1.54, 1.807) is 6.07 Å². The van der Waals surface area contributed by atoms with Crippen molar-refractivity contribution in [1.29, 1.82) is 0 Å². The summed E-state index contributed by atoms with van der Waals surface area (Å²) < 4.78 is 0. The molecule has 2 nitrogen and oxygen atoms in total. The zero-order valence-corrected chi connectivity index (χ0v) is 10.3. The number of phenolic OH excluding ortho intramolecular Hbond substituents is 1. The first kappa shape index (κ1) is 13.6. The van der Waals surface area contributed by atoms with E-state index >= 15 is 0 Å². The van der Waals surface area contributed by atoms with E-state index in [4.69, 9.17) is 5.73 Å². The molecular weight excluding hydrogens is 234 g/mol. The molecule has 1 atom stereocenters. The van der Waals surface area contributed by atoms with E-state index in [9.17, 15) is 5.11 Å². The van der Waals surface area contributed by atoms with Gasteiger partial charge >= 0.3 is 0 Å². The Bertz CT molecular complexity index is 525. The maximum atomic E-state index is 9.75. The standard InChI is InChI=1S/C14H15NO.ClH/c1-2-5-13(15)11-8-9-14(16)12-7-4-3-6-10(11)12;/h2-4,6-9,13,16H,1,5,15H2;1H/t13-;/m1./s1. The number of phenols is 1. The summed E-state index contributed by atoms with van der Waals surface area (Å²) >= 11 is 0. The largest absolute Gasteiger partial charge is 0.507 e. The van der Waals surface area contributed by atoms with Crippen molar-refractivity contribution in [2.75, 3.05) is 0 Å². The third kappa shape index (κ3) is 2.60. The van der Waals surface area contributed by atoms with E-state index in [1.165, 1.54) is 0 Å². The molecule has 0 fully saturated rings. The van der Waals surface area contributed by atoms with E-state index in [0.29, 0.717) is 5.75 Å². The molecule has 90 valence electrons. The Morgan fingerprint density at radius 2 is 1.82 bits per heavy atom. The Morgan fingerprint density at radius 1 is 1.18 bits per heavy atom. The first-order valence-electron chi connectivity index (χ1n) is 5.31. The molecule has 0 amide bonds. The molecule has 17 heavy (non-hydrogen) atoms. The summed E-state index contributed by atoms with van der Waals surface area (Å²) in [5, 5.41) is 11.6. The Hall–Kier alpha value is -1.51. The van der Waals surface area contributed by atoms with Gasteiger partial charge in [0.25, 0.3) is 0 Å². The van der Waals surface area contributed by atoms with Crippen LogP contribution in [0.4, 0.5) is 0 Å². The van der Waals surface area contributed by atoms with Crippen molar-refractivity contribution in [1.82, 2.24) is 0 Å². The van der Waals surface area contributed by atoms with Crippen LogP contribution in [0.2, 0.25) is 0 Å². The smallest absolute Gasteiger partial charge is 0.123 e. The van der Waals surface area contributed by atoms with Gasteiger partial charge in [0.2, 0.25) is 0 Å². The van der Waals surface area contributed by atoms with Crippen LogP contribution in [0.5, 0.6) is 5.75 Å². The molecule has 3 heteroatoms. The highest BCUT2D eigenvalue weighted by Gasteiger charge is 2.10. The molecule has 0 saturated heterocycles. The van der Waals surface area contributed by atoms with E-state index in [1.807, 2.05) is 36.4 Å². The molecule has 0 aliphatic carbocycles. The Labute approximate surface area is 107 Å². The summed E-state index contributed by atoms with van der Waals surface area (Å²) in [5.74, 6) is 0.296. The molecular formula is C14H16ClNO. The molecule has 2 aromatic carbocycles. The number of rotatable bonds is 3. The molecule has 2 rings (SSSR count). The van der Waals surface area contributed by atoms with Crippen LogP contribution < -0.4 is 5.73 Å². The first-order chi connectivity index (χ1) is 7.74. The summed E-state index contributed by atoms with van der Waals surface area (Å²) in [4.78, 5) is 0. The molecule has 0 bridgehead atoms. The van der Waals surface area contributed by atoms with Gasteiger partial charge in [0.15, 0.2) is 0 Å². The van der Waals surface area contributed by atoms with Gasteiger partial charge in [-0.05, 0) is 23.4 Å². The van der Waals surface area contributed by atoms with Crippen molar-refractivity contribution in [2.24, 2.45) is 5.73 Å². The Kier molecular flexibility index (Phi) is 4.55. The molecule has 0 spiro atoms. The number of hydrogen-bond donors (Lipinski definition) is 2. The molecule has 2 aromatic rings. The molecule has 0 unspecified atom stereocenters. The van der Waals surface area contributed by atoms with Gasteiger partial charge in [0.05, 0.1) is 0 Å². The lowest BCUT2D eigenvalue weighted by Crippen LogP contribution is -2.09. The van der Waals surface area contributed by atoms with Gasteiger partial charge in [-0.2, -0.15) is 0 Å². The number of hydrogen-bond acceptors (Lipinski definition) is 2. The molecule has 0 heterocycles. The van der Waals surface area contributed by atoms with Gasteiger partial charge in [0.1, 0.15) is 5.75 Å². The zero-order chi connectivity index (χ0) is 11.5. The predicted molar refractivity (Wildman–Crippen MR) is 74.6 cm³/mol. The van der Waals surface area contributed by atoms with E-state index < -0.39 is 0 Å².